The van der Waals surface area contributed by atoms with Gasteiger partial charge in [-0.05, 0) is 108 Å². The highest BCUT2D eigenvalue weighted by atomic mass is 28.4. The van der Waals surface area contributed by atoms with Crippen molar-refractivity contribution in [3.05, 3.63) is 72.3 Å². The minimum atomic E-state index is -2.57. The standard InChI is InChI=1S/C38H54O3Si/c1-36(2,3)42(29-12-8-6-9-13-29,30-14-10-7-11-15-30)41-28-20-23-37(4)27(26-28)16-17-31-32-18-19-34(35(40)22-25-39)38(32,5)24-21-33(31)37/h6-16,28,31-35,39-40H,17-26H2,1-5H3/t28-,31?,32?,33?,34+,35?,37-,38-/m0/s1. The summed E-state index contributed by atoms with van der Waals surface area (Å²) in [4.78, 5) is 0. The van der Waals surface area contributed by atoms with E-state index < -0.39 is 8.32 Å². The normalized spacial score (nSPS) is 35.5. The van der Waals surface area contributed by atoms with Crippen LogP contribution in [0.4, 0.5) is 0 Å². The molecule has 0 aromatic heterocycles. The summed E-state index contributed by atoms with van der Waals surface area (Å²) in [5.74, 6) is 2.48. The van der Waals surface area contributed by atoms with Crippen LogP contribution in [0.2, 0.25) is 5.04 Å². The monoisotopic (exact) mass is 586 g/mol. The van der Waals surface area contributed by atoms with Crippen LogP contribution in [0.25, 0.3) is 0 Å². The molecule has 2 N–H and O–H groups in total. The van der Waals surface area contributed by atoms with Gasteiger partial charge in [0.05, 0.1) is 6.10 Å². The van der Waals surface area contributed by atoms with Crippen LogP contribution < -0.4 is 10.4 Å². The number of hydrogen-bond donors (Lipinski definition) is 2. The van der Waals surface area contributed by atoms with Crippen molar-refractivity contribution in [1.82, 2.24) is 0 Å². The largest absolute Gasteiger partial charge is 0.404 e. The van der Waals surface area contributed by atoms with Gasteiger partial charge in [0, 0.05) is 12.7 Å². The van der Waals surface area contributed by atoms with Crippen LogP contribution in [0.15, 0.2) is 72.3 Å². The number of rotatable bonds is 7. The summed E-state index contributed by atoms with van der Waals surface area (Å²) in [6.07, 6.45) is 12.5. The highest BCUT2D eigenvalue weighted by molar-refractivity contribution is 6.99. The van der Waals surface area contributed by atoms with Gasteiger partial charge in [-0.1, -0.05) is 107 Å². The molecule has 0 amide bonds. The predicted octanol–water partition coefficient (Wildman–Crippen LogP) is 7.25. The van der Waals surface area contributed by atoms with Crippen molar-refractivity contribution in [3.63, 3.8) is 0 Å². The van der Waals surface area contributed by atoms with E-state index in [9.17, 15) is 10.2 Å². The average Bonchev–Trinajstić information content (AvgIpc) is 3.34. The van der Waals surface area contributed by atoms with Gasteiger partial charge in [0.25, 0.3) is 8.32 Å². The summed E-state index contributed by atoms with van der Waals surface area (Å²) >= 11 is 0. The zero-order valence-corrected chi connectivity index (χ0v) is 27.7. The second kappa shape index (κ2) is 11.3. The highest BCUT2D eigenvalue weighted by Gasteiger charge is 2.60. The molecule has 0 heterocycles. The molecule has 4 aliphatic carbocycles. The molecule has 0 bridgehead atoms. The second-order valence-corrected chi connectivity index (χ2v) is 20.0. The van der Waals surface area contributed by atoms with Crippen LogP contribution in [0.3, 0.4) is 0 Å². The first kappa shape index (κ1) is 30.3. The Morgan fingerprint density at radius 1 is 0.881 bits per heavy atom. The van der Waals surface area contributed by atoms with Gasteiger partial charge in [0.2, 0.25) is 0 Å². The second-order valence-electron chi connectivity index (χ2n) is 15.7. The van der Waals surface area contributed by atoms with Gasteiger partial charge < -0.3 is 14.6 Å². The van der Waals surface area contributed by atoms with Crippen LogP contribution >= 0.6 is 0 Å². The van der Waals surface area contributed by atoms with Crippen LogP contribution in [0.5, 0.6) is 0 Å². The summed E-state index contributed by atoms with van der Waals surface area (Å²) in [6, 6.07) is 22.2. The van der Waals surface area contributed by atoms with E-state index in [2.05, 4.69) is 101 Å². The van der Waals surface area contributed by atoms with E-state index in [1.165, 1.54) is 42.5 Å². The maximum absolute atomic E-state index is 10.9. The molecule has 0 radical (unpaired) electrons. The third-order valence-electron chi connectivity index (χ3n) is 12.8. The van der Waals surface area contributed by atoms with Gasteiger partial charge in [-0.3, -0.25) is 0 Å². The van der Waals surface area contributed by atoms with Crippen LogP contribution in [-0.2, 0) is 4.43 Å². The lowest BCUT2D eigenvalue weighted by atomic mass is 9.47. The fourth-order valence-corrected chi connectivity index (χ4v) is 15.4. The summed E-state index contributed by atoms with van der Waals surface area (Å²) < 4.78 is 7.64. The molecule has 3 saturated carbocycles. The molecular formula is C38H54O3Si. The Hall–Kier alpha value is -1.72. The number of benzene rings is 2. The van der Waals surface area contributed by atoms with Gasteiger partial charge in [-0.25, -0.2) is 0 Å². The first-order valence-corrected chi connectivity index (χ1v) is 18.7. The maximum atomic E-state index is 10.9. The zero-order valence-electron chi connectivity index (χ0n) is 26.7. The minimum absolute atomic E-state index is 0.00404. The van der Waals surface area contributed by atoms with E-state index >= 15 is 0 Å². The molecule has 4 unspecified atom stereocenters. The van der Waals surface area contributed by atoms with Crippen molar-refractivity contribution in [2.24, 2.45) is 34.5 Å². The molecule has 0 saturated heterocycles. The molecule has 2 aromatic rings. The molecule has 6 rings (SSSR count). The van der Waals surface area contributed by atoms with Crippen molar-refractivity contribution in [3.8, 4) is 0 Å². The number of fused-ring (bicyclic) bond motifs is 5. The highest BCUT2D eigenvalue weighted by Crippen LogP contribution is 2.67. The molecule has 8 atom stereocenters. The lowest BCUT2D eigenvalue weighted by Crippen LogP contribution is -2.68. The number of aliphatic hydroxyl groups excluding tert-OH is 2. The Bertz CT molecular complexity index is 1210. The number of allylic oxidation sites excluding steroid dienone is 1. The first-order chi connectivity index (χ1) is 20.0. The molecule has 4 heteroatoms. The van der Waals surface area contributed by atoms with E-state index in [1.54, 1.807) is 5.57 Å². The maximum Gasteiger partial charge on any atom is 0.261 e. The van der Waals surface area contributed by atoms with Gasteiger partial charge in [0.15, 0.2) is 0 Å². The van der Waals surface area contributed by atoms with Crippen molar-refractivity contribution >= 4 is 18.7 Å². The summed E-state index contributed by atoms with van der Waals surface area (Å²) in [6.45, 7) is 12.3. The Morgan fingerprint density at radius 2 is 1.52 bits per heavy atom. The number of aliphatic hydroxyl groups is 2. The molecule has 3 fully saturated rings. The quantitative estimate of drug-likeness (QED) is 0.265. The van der Waals surface area contributed by atoms with Gasteiger partial charge in [-0.2, -0.15) is 0 Å². The molecule has 2 aromatic carbocycles. The molecule has 0 spiro atoms. The van der Waals surface area contributed by atoms with E-state index in [0.717, 1.165) is 31.1 Å². The Morgan fingerprint density at radius 3 is 2.12 bits per heavy atom. The minimum Gasteiger partial charge on any atom is -0.404 e. The smallest absolute Gasteiger partial charge is 0.261 e. The van der Waals surface area contributed by atoms with E-state index in [4.69, 9.17) is 4.43 Å². The fourth-order valence-electron chi connectivity index (χ4n) is 10.7. The SMILES string of the molecule is CC(C)(C)[Si](O[C@H]1CC[C@@]2(C)C(=CCC3C2CC[C@@]2(C)C3CC[C@@H]2C(O)CCO)C1)(c1ccccc1)c1ccccc1. The Kier molecular flexibility index (Phi) is 8.17. The van der Waals surface area contributed by atoms with E-state index in [0.29, 0.717) is 18.3 Å². The molecule has 228 valence electrons. The van der Waals surface area contributed by atoms with Crippen molar-refractivity contribution in [2.45, 2.75) is 110 Å². The molecule has 3 nitrogen and oxygen atoms in total. The summed E-state index contributed by atoms with van der Waals surface area (Å²) in [7, 11) is -2.57. The fraction of sp³-hybridized carbons (Fsp3) is 0.632. The van der Waals surface area contributed by atoms with Crippen LogP contribution in [0.1, 0.15) is 92.4 Å². The number of hydrogen-bond acceptors (Lipinski definition) is 3. The summed E-state index contributed by atoms with van der Waals surface area (Å²) in [5.41, 5.74) is 2.13. The Labute approximate surface area is 255 Å². The van der Waals surface area contributed by atoms with Gasteiger partial charge in [-0.15, -0.1) is 0 Å². The van der Waals surface area contributed by atoms with Crippen LogP contribution in [0, 0.1) is 34.5 Å². The lowest BCUT2D eigenvalue weighted by molar-refractivity contribution is -0.0723. The average molecular weight is 587 g/mol. The lowest BCUT2D eigenvalue weighted by Gasteiger charge is -2.59. The van der Waals surface area contributed by atoms with E-state index in [-0.39, 0.29) is 34.7 Å². The Balaban J connectivity index is 1.28. The molecule has 4 aliphatic rings. The molecular weight excluding hydrogens is 533 g/mol. The van der Waals surface area contributed by atoms with Crippen molar-refractivity contribution in [1.29, 1.82) is 0 Å². The topological polar surface area (TPSA) is 49.7 Å². The predicted molar refractivity (Wildman–Crippen MR) is 175 cm³/mol. The molecule has 0 aliphatic heterocycles. The van der Waals surface area contributed by atoms with Crippen molar-refractivity contribution in [2.75, 3.05) is 6.61 Å². The molecule has 42 heavy (non-hydrogen) atoms. The third-order valence-corrected chi connectivity index (χ3v) is 17.9. The first-order valence-electron chi connectivity index (χ1n) is 16.8. The zero-order chi connectivity index (χ0) is 29.8. The van der Waals surface area contributed by atoms with Gasteiger partial charge in [0.1, 0.15) is 0 Å². The van der Waals surface area contributed by atoms with E-state index in [1.807, 2.05) is 0 Å². The van der Waals surface area contributed by atoms with Gasteiger partial charge >= 0.3 is 0 Å². The third kappa shape index (κ3) is 4.80. The summed E-state index contributed by atoms with van der Waals surface area (Å²) in [5, 5.41) is 23.2. The van der Waals surface area contributed by atoms with Crippen LogP contribution in [-0.4, -0.2) is 37.3 Å². The van der Waals surface area contributed by atoms with Crippen molar-refractivity contribution < 1.29 is 14.6 Å².